The zero-order chi connectivity index (χ0) is 21.5. The lowest BCUT2D eigenvalue weighted by molar-refractivity contribution is -0.142. The SMILES string of the molecule is Cc1cc(C)c(S(=O)(=O)N2CCCC2C(=O)N2CCCC(C3OCCO3)C2)c(C)c1. The first-order chi connectivity index (χ1) is 14.3. The smallest absolute Gasteiger partial charge is 0.244 e. The van der Waals surface area contributed by atoms with Crippen LogP contribution in [0.3, 0.4) is 0 Å². The van der Waals surface area contributed by atoms with Crippen molar-refractivity contribution in [3.8, 4) is 0 Å². The number of nitrogens with zero attached hydrogens (tertiary/aromatic N) is 2. The number of likely N-dealkylation sites (tertiary alicyclic amines) is 1. The Kier molecular flexibility index (Phi) is 6.21. The van der Waals surface area contributed by atoms with E-state index in [-0.39, 0.29) is 18.1 Å². The van der Waals surface area contributed by atoms with Crippen LogP contribution in [-0.4, -0.2) is 68.7 Å². The van der Waals surface area contributed by atoms with E-state index in [9.17, 15) is 13.2 Å². The fourth-order valence-electron chi connectivity index (χ4n) is 5.26. The van der Waals surface area contributed by atoms with Gasteiger partial charge in [-0.05, 0) is 57.6 Å². The molecule has 0 spiro atoms. The second-order valence-corrected chi connectivity index (χ2v) is 10.6. The molecule has 3 heterocycles. The molecule has 0 N–H and O–H groups in total. The molecule has 0 saturated carbocycles. The number of ether oxygens (including phenoxy) is 2. The minimum absolute atomic E-state index is 0.0822. The Bertz CT molecular complexity index is 887. The Morgan fingerprint density at radius 3 is 2.30 bits per heavy atom. The van der Waals surface area contributed by atoms with E-state index in [4.69, 9.17) is 9.47 Å². The first-order valence-electron chi connectivity index (χ1n) is 10.9. The summed E-state index contributed by atoms with van der Waals surface area (Å²) < 4.78 is 39.9. The molecule has 1 aromatic carbocycles. The van der Waals surface area contributed by atoms with Gasteiger partial charge in [-0.15, -0.1) is 0 Å². The highest BCUT2D eigenvalue weighted by molar-refractivity contribution is 7.89. The predicted molar refractivity (Wildman–Crippen MR) is 113 cm³/mol. The van der Waals surface area contributed by atoms with Crippen molar-refractivity contribution in [2.24, 2.45) is 5.92 Å². The maximum atomic E-state index is 13.6. The molecule has 3 fully saturated rings. The lowest BCUT2D eigenvalue weighted by Gasteiger charge is -2.37. The summed E-state index contributed by atoms with van der Waals surface area (Å²) in [6.07, 6.45) is 2.87. The highest BCUT2D eigenvalue weighted by atomic mass is 32.2. The zero-order valence-corrected chi connectivity index (χ0v) is 18.9. The van der Waals surface area contributed by atoms with Crippen LogP contribution in [0.1, 0.15) is 42.4 Å². The zero-order valence-electron chi connectivity index (χ0n) is 18.1. The molecular weight excluding hydrogens is 404 g/mol. The molecule has 3 aliphatic heterocycles. The Balaban J connectivity index is 1.55. The third-order valence-corrected chi connectivity index (χ3v) is 8.68. The summed E-state index contributed by atoms with van der Waals surface area (Å²) in [7, 11) is -3.74. The van der Waals surface area contributed by atoms with Crippen LogP contribution in [0.25, 0.3) is 0 Å². The van der Waals surface area contributed by atoms with Crippen molar-refractivity contribution in [2.45, 2.75) is 63.7 Å². The van der Waals surface area contributed by atoms with Gasteiger partial charge in [0, 0.05) is 25.6 Å². The van der Waals surface area contributed by atoms with Crippen molar-refractivity contribution in [1.29, 1.82) is 0 Å². The van der Waals surface area contributed by atoms with E-state index in [1.807, 2.05) is 37.8 Å². The van der Waals surface area contributed by atoms with Crippen LogP contribution in [0, 0.1) is 26.7 Å². The number of hydrogen-bond acceptors (Lipinski definition) is 5. The van der Waals surface area contributed by atoms with Gasteiger partial charge in [-0.2, -0.15) is 4.31 Å². The molecule has 0 aliphatic carbocycles. The second-order valence-electron chi connectivity index (χ2n) is 8.80. The average Bonchev–Trinajstić information content (AvgIpc) is 3.38. The molecule has 166 valence electrons. The summed E-state index contributed by atoms with van der Waals surface area (Å²) in [4.78, 5) is 15.6. The van der Waals surface area contributed by atoms with Crippen molar-refractivity contribution >= 4 is 15.9 Å². The van der Waals surface area contributed by atoms with Gasteiger partial charge in [-0.3, -0.25) is 4.79 Å². The number of carbonyl (C=O) groups excluding carboxylic acids is 1. The van der Waals surface area contributed by atoms with Gasteiger partial charge in [0.1, 0.15) is 6.04 Å². The van der Waals surface area contributed by atoms with Crippen LogP contribution in [0.5, 0.6) is 0 Å². The number of carbonyl (C=O) groups is 1. The van der Waals surface area contributed by atoms with Crippen LogP contribution < -0.4 is 0 Å². The molecule has 0 aromatic heterocycles. The molecule has 3 saturated heterocycles. The summed E-state index contributed by atoms with van der Waals surface area (Å²) in [5.41, 5.74) is 2.51. The Morgan fingerprint density at radius 2 is 1.63 bits per heavy atom. The molecule has 3 aliphatic rings. The van der Waals surface area contributed by atoms with Crippen LogP contribution in [-0.2, 0) is 24.3 Å². The van der Waals surface area contributed by atoms with Crippen molar-refractivity contribution < 1.29 is 22.7 Å². The van der Waals surface area contributed by atoms with Crippen molar-refractivity contribution in [1.82, 2.24) is 9.21 Å². The standard InChI is InChI=1S/C22H32N2O5S/c1-15-12-16(2)20(17(3)13-15)30(26,27)24-9-5-7-19(24)21(25)23-8-4-6-18(14-23)22-28-10-11-29-22/h12-13,18-19,22H,4-11,14H2,1-3H3. The van der Waals surface area contributed by atoms with Crippen molar-refractivity contribution in [3.05, 3.63) is 28.8 Å². The number of rotatable bonds is 4. The van der Waals surface area contributed by atoms with E-state index < -0.39 is 16.1 Å². The van der Waals surface area contributed by atoms with Crippen LogP contribution in [0.15, 0.2) is 17.0 Å². The van der Waals surface area contributed by atoms with Gasteiger partial charge < -0.3 is 14.4 Å². The molecule has 2 atom stereocenters. The Hall–Kier alpha value is -1.48. The van der Waals surface area contributed by atoms with Gasteiger partial charge in [0.15, 0.2) is 6.29 Å². The van der Waals surface area contributed by atoms with E-state index in [1.165, 1.54) is 4.31 Å². The fraction of sp³-hybridized carbons (Fsp3) is 0.682. The third kappa shape index (κ3) is 4.02. The summed E-state index contributed by atoms with van der Waals surface area (Å²) in [6, 6.07) is 3.16. The van der Waals surface area contributed by atoms with Gasteiger partial charge in [-0.1, -0.05) is 17.7 Å². The Morgan fingerprint density at radius 1 is 1.00 bits per heavy atom. The van der Waals surface area contributed by atoms with E-state index >= 15 is 0 Å². The molecular formula is C22H32N2O5S. The number of aryl methyl sites for hydroxylation is 3. The number of amides is 1. The maximum Gasteiger partial charge on any atom is 0.244 e. The lowest BCUT2D eigenvalue weighted by Crippen LogP contribution is -2.52. The van der Waals surface area contributed by atoms with E-state index in [0.29, 0.717) is 50.6 Å². The first-order valence-corrected chi connectivity index (χ1v) is 12.3. The third-order valence-electron chi connectivity index (χ3n) is 6.46. The minimum Gasteiger partial charge on any atom is -0.350 e. The highest BCUT2D eigenvalue weighted by Crippen LogP contribution is 2.33. The molecule has 8 heteroatoms. The molecule has 1 aromatic rings. The molecule has 1 amide bonds. The second kappa shape index (κ2) is 8.57. The lowest BCUT2D eigenvalue weighted by atomic mass is 9.96. The van der Waals surface area contributed by atoms with E-state index in [1.54, 1.807) is 0 Å². The van der Waals surface area contributed by atoms with Gasteiger partial charge in [0.25, 0.3) is 0 Å². The normalized spacial score (nSPS) is 26.4. The van der Waals surface area contributed by atoms with Crippen LogP contribution >= 0.6 is 0 Å². The molecule has 0 radical (unpaired) electrons. The van der Waals surface area contributed by atoms with Crippen LogP contribution in [0.2, 0.25) is 0 Å². The quantitative estimate of drug-likeness (QED) is 0.724. The fourth-order valence-corrected chi connectivity index (χ4v) is 7.32. The van der Waals surface area contributed by atoms with Gasteiger partial charge in [-0.25, -0.2) is 8.42 Å². The summed E-state index contributed by atoms with van der Waals surface area (Å²) in [6.45, 7) is 8.43. The molecule has 4 rings (SSSR count). The molecule has 7 nitrogen and oxygen atoms in total. The Labute approximate surface area is 179 Å². The monoisotopic (exact) mass is 436 g/mol. The number of piperidine rings is 1. The molecule has 30 heavy (non-hydrogen) atoms. The maximum absolute atomic E-state index is 13.6. The first kappa shape index (κ1) is 21.7. The predicted octanol–water partition coefficient (Wildman–Crippen LogP) is 2.38. The van der Waals surface area contributed by atoms with Crippen LogP contribution in [0.4, 0.5) is 0 Å². The summed E-state index contributed by atoms with van der Waals surface area (Å²) in [5.74, 6) is 0.0689. The van der Waals surface area contributed by atoms with Gasteiger partial charge >= 0.3 is 0 Å². The van der Waals surface area contributed by atoms with Gasteiger partial charge in [0.2, 0.25) is 15.9 Å². The average molecular weight is 437 g/mol. The van der Waals surface area contributed by atoms with Crippen molar-refractivity contribution in [3.63, 3.8) is 0 Å². The summed E-state index contributed by atoms with van der Waals surface area (Å²) in [5, 5.41) is 0. The minimum atomic E-state index is -3.74. The van der Waals surface area contributed by atoms with Gasteiger partial charge in [0.05, 0.1) is 18.1 Å². The van der Waals surface area contributed by atoms with E-state index in [2.05, 4.69) is 0 Å². The highest BCUT2D eigenvalue weighted by Gasteiger charge is 2.43. The number of sulfonamides is 1. The van der Waals surface area contributed by atoms with Crippen molar-refractivity contribution in [2.75, 3.05) is 32.8 Å². The number of benzene rings is 1. The molecule has 0 bridgehead atoms. The summed E-state index contributed by atoms with van der Waals surface area (Å²) >= 11 is 0. The van der Waals surface area contributed by atoms with E-state index in [0.717, 1.165) is 29.5 Å². The largest absolute Gasteiger partial charge is 0.350 e. The molecule has 2 unspecified atom stereocenters. The number of hydrogen-bond donors (Lipinski definition) is 0. The topological polar surface area (TPSA) is 76.2 Å².